The summed E-state index contributed by atoms with van der Waals surface area (Å²) < 4.78 is 31.2. The Morgan fingerprint density at radius 1 is 1.18 bits per heavy atom. The van der Waals surface area contributed by atoms with Crippen molar-refractivity contribution in [1.29, 1.82) is 0 Å². The molecular weight excluding hydrogens is 438 g/mol. The molecule has 1 aliphatic rings. The van der Waals surface area contributed by atoms with E-state index in [0.29, 0.717) is 24.7 Å². The van der Waals surface area contributed by atoms with Crippen LogP contribution in [0.5, 0.6) is 0 Å². The number of aryl methyl sites for hydroxylation is 2. The van der Waals surface area contributed by atoms with E-state index in [0.717, 1.165) is 34.1 Å². The number of nitrogens with two attached hydrogens (primary N) is 1. The first-order chi connectivity index (χ1) is 15.7. The molecule has 3 heterocycles. The molecule has 0 aliphatic carbocycles. The normalized spacial score (nSPS) is 18.2. The molecule has 8 nitrogen and oxygen atoms in total. The summed E-state index contributed by atoms with van der Waals surface area (Å²) >= 11 is 0. The number of benzene rings is 2. The smallest absolute Gasteiger partial charge is 0.247 e. The van der Waals surface area contributed by atoms with Crippen LogP contribution in [0.1, 0.15) is 30.9 Å². The van der Waals surface area contributed by atoms with Gasteiger partial charge in [0.05, 0.1) is 22.5 Å². The van der Waals surface area contributed by atoms with E-state index in [2.05, 4.69) is 27.9 Å². The number of hydrogen-bond donors (Lipinski definition) is 3. The monoisotopic (exact) mass is 467 g/mol. The third kappa shape index (κ3) is 3.80. The Kier molecular flexibility index (Phi) is 5.24. The molecule has 9 heteroatoms. The molecule has 1 aliphatic heterocycles. The zero-order valence-electron chi connectivity index (χ0n) is 19.0. The minimum Gasteiger partial charge on any atom is -0.419 e. The van der Waals surface area contributed by atoms with Crippen LogP contribution < -0.4 is 10.0 Å². The van der Waals surface area contributed by atoms with Crippen molar-refractivity contribution in [3.8, 4) is 11.5 Å². The highest BCUT2D eigenvalue weighted by Gasteiger charge is 2.31. The van der Waals surface area contributed by atoms with Gasteiger partial charge in [-0.2, -0.15) is 0 Å². The predicted molar refractivity (Wildman–Crippen MR) is 132 cm³/mol. The van der Waals surface area contributed by atoms with Crippen molar-refractivity contribution in [2.75, 3.05) is 17.1 Å². The summed E-state index contributed by atoms with van der Waals surface area (Å²) in [6, 6.07) is 13.9. The Hall–Kier alpha value is -2.85. The SMILES string of the molecule is CCc1cn2c3c(cc(-c4nnc([C@](C)(N)Cc5ccccc5)o4)cc13)N(C)S(O)(O)CC2. The Morgan fingerprint density at radius 3 is 2.67 bits per heavy atom. The van der Waals surface area contributed by atoms with E-state index in [4.69, 9.17) is 10.2 Å². The van der Waals surface area contributed by atoms with Gasteiger partial charge in [0.25, 0.3) is 0 Å². The summed E-state index contributed by atoms with van der Waals surface area (Å²) in [5, 5.41) is 9.62. The molecule has 0 spiro atoms. The topological polar surface area (TPSA) is 114 Å². The molecule has 0 radical (unpaired) electrons. The molecular formula is C24H29N5O3S. The van der Waals surface area contributed by atoms with E-state index in [-0.39, 0.29) is 5.75 Å². The highest BCUT2D eigenvalue weighted by molar-refractivity contribution is 8.25. The molecule has 0 bridgehead atoms. The van der Waals surface area contributed by atoms with Gasteiger partial charge >= 0.3 is 0 Å². The minimum absolute atomic E-state index is 0.274. The largest absolute Gasteiger partial charge is 0.419 e. The van der Waals surface area contributed by atoms with Crippen LogP contribution in [0.15, 0.2) is 53.1 Å². The van der Waals surface area contributed by atoms with Gasteiger partial charge in [-0.25, -0.2) is 0 Å². The van der Waals surface area contributed by atoms with Gasteiger partial charge in [0.15, 0.2) is 0 Å². The molecule has 0 fully saturated rings. The van der Waals surface area contributed by atoms with E-state index in [9.17, 15) is 9.11 Å². The fraction of sp³-hybridized carbons (Fsp3) is 0.333. The maximum Gasteiger partial charge on any atom is 0.247 e. The van der Waals surface area contributed by atoms with Crippen molar-refractivity contribution in [3.63, 3.8) is 0 Å². The van der Waals surface area contributed by atoms with Crippen molar-refractivity contribution in [2.24, 2.45) is 5.73 Å². The molecule has 33 heavy (non-hydrogen) atoms. The fourth-order valence-corrected chi connectivity index (χ4v) is 5.66. The first-order valence-electron chi connectivity index (χ1n) is 11.0. The van der Waals surface area contributed by atoms with Gasteiger partial charge in [0.2, 0.25) is 11.8 Å². The fourth-order valence-electron chi connectivity index (χ4n) is 4.49. The van der Waals surface area contributed by atoms with E-state index in [1.54, 1.807) is 11.4 Å². The second-order valence-electron chi connectivity index (χ2n) is 8.92. The zero-order chi connectivity index (χ0) is 23.4. The lowest BCUT2D eigenvalue weighted by molar-refractivity contribution is 0.355. The molecule has 174 valence electrons. The minimum atomic E-state index is -2.93. The van der Waals surface area contributed by atoms with Crippen LogP contribution in [0, 0.1) is 0 Å². The van der Waals surface area contributed by atoms with Crippen LogP contribution in [0.25, 0.3) is 22.4 Å². The Labute approximate surface area is 194 Å². The molecule has 2 aromatic carbocycles. The summed E-state index contributed by atoms with van der Waals surface area (Å²) in [5.41, 5.74) is 10.5. The number of aromatic nitrogens is 3. The lowest BCUT2D eigenvalue weighted by atomic mass is 9.94. The Morgan fingerprint density at radius 2 is 1.94 bits per heavy atom. The van der Waals surface area contributed by atoms with Crippen LogP contribution >= 0.6 is 10.8 Å². The van der Waals surface area contributed by atoms with E-state index in [1.165, 1.54) is 5.56 Å². The van der Waals surface area contributed by atoms with Gasteiger partial charge in [-0.05, 0) is 43.0 Å². The lowest BCUT2D eigenvalue weighted by Gasteiger charge is -2.40. The highest BCUT2D eigenvalue weighted by Crippen LogP contribution is 2.50. The van der Waals surface area contributed by atoms with Crippen LogP contribution in [0.2, 0.25) is 0 Å². The van der Waals surface area contributed by atoms with Gasteiger partial charge in [0, 0.05) is 30.7 Å². The van der Waals surface area contributed by atoms with Crippen molar-refractivity contribution < 1.29 is 13.5 Å². The van der Waals surface area contributed by atoms with E-state index >= 15 is 0 Å². The average molecular weight is 468 g/mol. The number of nitrogens with zero attached hydrogens (tertiary/aromatic N) is 4. The van der Waals surface area contributed by atoms with Crippen LogP contribution in [0.4, 0.5) is 5.69 Å². The number of anilines is 1. The third-order valence-electron chi connectivity index (χ3n) is 6.37. The van der Waals surface area contributed by atoms with Crippen molar-refractivity contribution >= 4 is 27.4 Å². The van der Waals surface area contributed by atoms with Gasteiger partial charge in [0.1, 0.15) is 0 Å². The first kappa shape index (κ1) is 22.0. The molecule has 4 aromatic rings. The van der Waals surface area contributed by atoms with Gasteiger partial charge in [-0.3, -0.25) is 13.4 Å². The van der Waals surface area contributed by atoms with Crippen LogP contribution in [-0.4, -0.2) is 36.7 Å². The molecule has 2 aromatic heterocycles. The summed E-state index contributed by atoms with van der Waals surface area (Å²) in [7, 11) is -1.21. The van der Waals surface area contributed by atoms with Gasteiger partial charge < -0.3 is 14.7 Å². The summed E-state index contributed by atoms with van der Waals surface area (Å²) in [6.07, 6.45) is 3.52. The summed E-state index contributed by atoms with van der Waals surface area (Å²) in [6.45, 7) is 4.54. The molecule has 0 unspecified atom stereocenters. The number of rotatable bonds is 5. The molecule has 0 saturated carbocycles. The molecule has 5 rings (SSSR count). The lowest BCUT2D eigenvalue weighted by Crippen LogP contribution is -2.35. The highest BCUT2D eigenvalue weighted by atomic mass is 32.3. The second kappa shape index (κ2) is 7.88. The van der Waals surface area contributed by atoms with Crippen LogP contribution in [-0.2, 0) is 24.9 Å². The molecule has 0 amide bonds. The zero-order valence-corrected chi connectivity index (χ0v) is 19.8. The quantitative estimate of drug-likeness (QED) is 0.387. The van der Waals surface area contributed by atoms with Gasteiger partial charge in [-0.1, -0.05) is 37.3 Å². The molecule has 1 atom stereocenters. The van der Waals surface area contributed by atoms with Crippen molar-refractivity contribution in [3.05, 3.63) is 65.7 Å². The van der Waals surface area contributed by atoms with Crippen molar-refractivity contribution in [1.82, 2.24) is 14.8 Å². The summed E-state index contributed by atoms with van der Waals surface area (Å²) in [5.74, 6) is 0.992. The third-order valence-corrected chi connectivity index (χ3v) is 8.18. The molecule has 0 saturated heterocycles. The standard InChI is InChI=1S/C24H29N5O3S/c1-4-17-15-29-10-11-33(30,31)28(3)20-13-18(12-19(17)21(20)29)22-26-27-23(32-22)24(2,25)14-16-8-6-5-7-9-16/h5-9,12-13,15,30-31H,4,10-11,14,25H2,1-3H3/t24-/m1/s1. The summed E-state index contributed by atoms with van der Waals surface area (Å²) in [4.78, 5) is 0. The molecule has 4 N–H and O–H groups in total. The maximum atomic E-state index is 10.7. The maximum absolute atomic E-state index is 10.7. The van der Waals surface area contributed by atoms with E-state index < -0.39 is 16.3 Å². The van der Waals surface area contributed by atoms with Gasteiger partial charge in [-0.15, -0.1) is 21.0 Å². The van der Waals surface area contributed by atoms with Crippen molar-refractivity contribution in [2.45, 2.75) is 38.8 Å². The average Bonchev–Trinajstić information content (AvgIpc) is 3.41. The number of hydrogen-bond acceptors (Lipinski definition) is 7. The Balaban J connectivity index is 1.59. The first-order valence-corrected chi connectivity index (χ1v) is 12.7. The van der Waals surface area contributed by atoms with E-state index in [1.807, 2.05) is 49.4 Å². The van der Waals surface area contributed by atoms with Crippen LogP contribution in [0.3, 0.4) is 0 Å². The Bertz CT molecular complexity index is 1310. The second-order valence-corrected chi connectivity index (χ2v) is 11.1. The predicted octanol–water partition coefficient (Wildman–Crippen LogP) is 4.79.